The molecule has 0 aliphatic carbocycles. The first-order valence-electron chi connectivity index (χ1n) is 4.97. The molecule has 0 radical (unpaired) electrons. The zero-order valence-corrected chi connectivity index (χ0v) is 10.1. The molecule has 0 spiro atoms. The minimum Gasteiger partial charge on any atom is -0.436 e. The Hall–Kier alpha value is -2.19. The van der Waals surface area contributed by atoms with Gasteiger partial charge in [-0.25, -0.2) is 4.98 Å². The Balaban J connectivity index is 2.39. The minimum atomic E-state index is -0.721. The van der Waals surface area contributed by atoms with Crippen LogP contribution in [0.2, 0.25) is 5.28 Å². The van der Waals surface area contributed by atoms with Crippen molar-refractivity contribution in [2.75, 3.05) is 0 Å². The standard InChI is InChI=1S/C12H7ClFN3O/c1-7-2-3-8(5-15)4-10(7)18-11-9(14)6-16-12(13)17-11/h2-4,6H,1H3. The van der Waals surface area contributed by atoms with Gasteiger partial charge in [-0.3, -0.25) is 0 Å². The number of aryl methyl sites for hydroxylation is 1. The molecule has 1 aromatic heterocycles. The van der Waals surface area contributed by atoms with Gasteiger partial charge in [0.15, 0.2) is 0 Å². The highest BCUT2D eigenvalue weighted by molar-refractivity contribution is 6.28. The van der Waals surface area contributed by atoms with Crippen LogP contribution in [-0.4, -0.2) is 9.97 Å². The lowest BCUT2D eigenvalue weighted by Crippen LogP contribution is -1.96. The summed E-state index contributed by atoms with van der Waals surface area (Å²) in [6, 6.07) is 6.83. The van der Waals surface area contributed by atoms with Crippen molar-refractivity contribution in [2.24, 2.45) is 0 Å². The minimum absolute atomic E-state index is 0.111. The van der Waals surface area contributed by atoms with Gasteiger partial charge in [-0.1, -0.05) is 6.07 Å². The van der Waals surface area contributed by atoms with E-state index in [1.165, 1.54) is 6.07 Å². The molecule has 4 nitrogen and oxygen atoms in total. The van der Waals surface area contributed by atoms with E-state index in [1.807, 2.05) is 6.07 Å². The summed E-state index contributed by atoms with van der Waals surface area (Å²) < 4.78 is 18.7. The molecule has 90 valence electrons. The monoisotopic (exact) mass is 263 g/mol. The molecule has 0 aliphatic heterocycles. The highest BCUT2D eigenvalue weighted by Crippen LogP contribution is 2.26. The number of hydrogen-bond acceptors (Lipinski definition) is 4. The van der Waals surface area contributed by atoms with Crippen LogP contribution in [-0.2, 0) is 0 Å². The van der Waals surface area contributed by atoms with E-state index in [4.69, 9.17) is 21.6 Å². The van der Waals surface area contributed by atoms with Crippen molar-refractivity contribution in [2.45, 2.75) is 6.92 Å². The third-order valence-corrected chi connectivity index (χ3v) is 2.39. The Morgan fingerprint density at radius 1 is 1.44 bits per heavy atom. The summed E-state index contributed by atoms with van der Waals surface area (Å²) in [6.07, 6.45) is 0.925. The predicted octanol–water partition coefficient (Wildman–Crippen LogP) is 3.24. The van der Waals surface area contributed by atoms with E-state index in [0.717, 1.165) is 11.8 Å². The number of benzene rings is 1. The molecule has 1 heterocycles. The van der Waals surface area contributed by atoms with Gasteiger partial charge >= 0.3 is 0 Å². The Labute approximate surface area is 108 Å². The molecular weight excluding hydrogens is 257 g/mol. The molecular formula is C12H7ClFN3O. The maximum absolute atomic E-state index is 13.4. The number of nitriles is 1. The Morgan fingerprint density at radius 2 is 2.22 bits per heavy atom. The van der Waals surface area contributed by atoms with Gasteiger partial charge in [0.2, 0.25) is 11.1 Å². The fourth-order valence-electron chi connectivity index (χ4n) is 1.29. The van der Waals surface area contributed by atoms with Crippen LogP contribution >= 0.6 is 11.6 Å². The van der Waals surface area contributed by atoms with Gasteiger partial charge < -0.3 is 4.74 Å². The maximum atomic E-state index is 13.4. The molecule has 0 unspecified atom stereocenters. The highest BCUT2D eigenvalue weighted by Gasteiger charge is 2.10. The summed E-state index contributed by atoms with van der Waals surface area (Å²) in [5.41, 5.74) is 1.17. The van der Waals surface area contributed by atoms with Crippen LogP contribution in [0.4, 0.5) is 4.39 Å². The first-order valence-corrected chi connectivity index (χ1v) is 5.34. The van der Waals surface area contributed by atoms with Gasteiger partial charge in [-0.2, -0.15) is 14.6 Å². The predicted molar refractivity (Wildman–Crippen MR) is 63.0 cm³/mol. The van der Waals surface area contributed by atoms with Crippen molar-refractivity contribution in [3.05, 3.63) is 46.6 Å². The lowest BCUT2D eigenvalue weighted by Gasteiger charge is -2.08. The maximum Gasteiger partial charge on any atom is 0.260 e. The number of nitrogens with zero attached hydrogens (tertiary/aromatic N) is 3. The van der Waals surface area contributed by atoms with Crippen molar-refractivity contribution in [3.63, 3.8) is 0 Å². The summed E-state index contributed by atoms with van der Waals surface area (Å²) in [6.45, 7) is 1.77. The normalized spacial score (nSPS) is 9.89. The molecule has 2 rings (SSSR count). The number of rotatable bonds is 2. The summed E-state index contributed by atoms with van der Waals surface area (Å²) in [5.74, 6) is -0.642. The molecule has 0 saturated carbocycles. The number of ether oxygens (including phenoxy) is 1. The summed E-state index contributed by atoms with van der Waals surface area (Å²) in [7, 11) is 0. The van der Waals surface area contributed by atoms with Gasteiger partial charge in [0.25, 0.3) is 5.88 Å². The van der Waals surface area contributed by atoms with Crippen molar-refractivity contribution in [1.29, 1.82) is 5.26 Å². The van der Waals surface area contributed by atoms with E-state index >= 15 is 0 Å². The zero-order valence-electron chi connectivity index (χ0n) is 9.32. The highest BCUT2D eigenvalue weighted by atomic mass is 35.5. The Bertz CT molecular complexity index is 640. The second kappa shape index (κ2) is 4.98. The fraction of sp³-hybridized carbons (Fsp3) is 0.0833. The largest absolute Gasteiger partial charge is 0.436 e. The second-order valence-corrected chi connectivity index (χ2v) is 3.82. The molecule has 0 aliphatic rings. The SMILES string of the molecule is Cc1ccc(C#N)cc1Oc1nc(Cl)ncc1F. The summed E-state index contributed by atoms with van der Waals surface area (Å²) >= 11 is 5.56. The smallest absolute Gasteiger partial charge is 0.260 e. The van der Waals surface area contributed by atoms with E-state index in [9.17, 15) is 4.39 Å². The van der Waals surface area contributed by atoms with E-state index in [2.05, 4.69) is 9.97 Å². The quantitative estimate of drug-likeness (QED) is 0.781. The number of aromatic nitrogens is 2. The van der Waals surface area contributed by atoms with Crippen molar-refractivity contribution in [1.82, 2.24) is 9.97 Å². The molecule has 0 saturated heterocycles. The number of hydrogen-bond donors (Lipinski definition) is 0. The first-order chi connectivity index (χ1) is 8.60. The molecule has 0 atom stereocenters. The third-order valence-electron chi connectivity index (χ3n) is 2.21. The van der Waals surface area contributed by atoms with Crippen LogP contribution < -0.4 is 4.74 Å². The average Bonchev–Trinajstić information content (AvgIpc) is 2.36. The van der Waals surface area contributed by atoms with Crippen molar-refractivity contribution < 1.29 is 9.13 Å². The van der Waals surface area contributed by atoms with Crippen LogP contribution in [0, 0.1) is 24.1 Å². The van der Waals surface area contributed by atoms with Crippen molar-refractivity contribution >= 4 is 11.6 Å². The lowest BCUT2D eigenvalue weighted by molar-refractivity contribution is 0.417. The van der Waals surface area contributed by atoms with Gasteiger partial charge in [0.05, 0.1) is 17.8 Å². The van der Waals surface area contributed by atoms with Crippen LogP contribution in [0.1, 0.15) is 11.1 Å². The Morgan fingerprint density at radius 3 is 2.94 bits per heavy atom. The molecule has 1 aromatic carbocycles. The van der Waals surface area contributed by atoms with Crippen LogP contribution in [0.15, 0.2) is 24.4 Å². The van der Waals surface area contributed by atoms with Crippen LogP contribution in [0.3, 0.4) is 0 Å². The van der Waals surface area contributed by atoms with Gasteiger partial charge in [-0.15, -0.1) is 0 Å². The van der Waals surface area contributed by atoms with Crippen LogP contribution in [0.5, 0.6) is 11.6 Å². The molecule has 0 bridgehead atoms. The third kappa shape index (κ3) is 2.55. The average molecular weight is 264 g/mol. The molecule has 0 fully saturated rings. The van der Waals surface area contributed by atoms with E-state index in [1.54, 1.807) is 19.1 Å². The number of halogens is 2. The van der Waals surface area contributed by atoms with Gasteiger partial charge in [-0.05, 0) is 36.2 Å². The fourth-order valence-corrected chi connectivity index (χ4v) is 1.41. The van der Waals surface area contributed by atoms with Gasteiger partial charge in [0.1, 0.15) is 5.75 Å². The topological polar surface area (TPSA) is 58.8 Å². The summed E-state index contributed by atoms with van der Waals surface area (Å²) in [5, 5.41) is 8.68. The van der Waals surface area contributed by atoms with Crippen molar-refractivity contribution in [3.8, 4) is 17.7 Å². The van der Waals surface area contributed by atoms with Crippen LogP contribution in [0.25, 0.3) is 0 Å². The van der Waals surface area contributed by atoms with E-state index < -0.39 is 5.82 Å². The van der Waals surface area contributed by atoms with E-state index in [-0.39, 0.29) is 11.2 Å². The lowest BCUT2D eigenvalue weighted by atomic mass is 10.1. The van der Waals surface area contributed by atoms with E-state index in [0.29, 0.717) is 11.3 Å². The molecule has 2 aromatic rings. The second-order valence-electron chi connectivity index (χ2n) is 3.49. The molecule has 6 heteroatoms. The first kappa shape index (κ1) is 12.3. The Kier molecular flexibility index (Phi) is 3.40. The van der Waals surface area contributed by atoms with Gasteiger partial charge in [0, 0.05) is 0 Å². The molecule has 0 N–H and O–H groups in total. The summed E-state index contributed by atoms with van der Waals surface area (Å²) in [4.78, 5) is 7.12. The zero-order chi connectivity index (χ0) is 13.1. The molecule has 18 heavy (non-hydrogen) atoms. The molecule has 0 amide bonds.